The fourth-order valence-corrected chi connectivity index (χ4v) is 3.68. The molecule has 0 radical (unpaired) electrons. The number of hydrogen-bond acceptors (Lipinski definition) is 5. The van der Waals surface area contributed by atoms with E-state index in [1.165, 1.54) is 0 Å². The zero-order valence-corrected chi connectivity index (χ0v) is 16.5. The van der Waals surface area contributed by atoms with Crippen LogP contribution in [0.3, 0.4) is 0 Å². The fourth-order valence-electron chi connectivity index (χ4n) is 3.68. The van der Waals surface area contributed by atoms with Gasteiger partial charge in [-0.15, -0.1) is 0 Å². The van der Waals surface area contributed by atoms with E-state index in [0.717, 1.165) is 16.0 Å². The molecule has 1 fully saturated rings. The van der Waals surface area contributed by atoms with Crippen molar-refractivity contribution < 1.29 is 19.4 Å². The van der Waals surface area contributed by atoms with E-state index in [4.69, 9.17) is 10.3 Å². The second kappa shape index (κ2) is 10.4. The molecule has 8 nitrogen and oxygen atoms in total. The van der Waals surface area contributed by atoms with E-state index in [-0.39, 0.29) is 13.0 Å². The van der Waals surface area contributed by atoms with Crippen LogP contribution in [-0.4, -0.2) is 47.3 Å². The number of ether oxygens (including phenoxy) is 1. The predicted octanol–water partition coefficient (Wildman–Crippen LogP) is 3.50. The minimum atomic E-state index is -0.867. The van der Waals surface area contributed by atoms with Crippen molar-refractivity contribution in [1.29, 1.82) is 0 Å². The topological polar surface area (TPSA) is 116 Å². The zero-order chi connectivity index (χ0) is 21.3. The molecular weight excluding hydrogens is 384 g/mol. The Morgan fingerprint density at radius 2 is 1.80 bits per heavy atom. The molecule has 1 N–H and O–H groups in total. The maximum atomic E-state index is 13.1. The first kappa shape index (κ1) is 21.4. The van der Waals surface area contributed by atoms with Crippen molar-refractivity contribution in [3.8, 4) is 0 Å². The van der Waals surface area contributed by atoms with Crippen molar-refractivity contribution in [2.45, 2.75) is 31.3 Å². The van der Waals surface area contributed by atoms with Crippen molar-refractivity contribution >= 4 is 12.0 Å². The molecular formula is C22H24N4O4. The molecule has 3 atom stereocenters. The van der Waals surface area contributed by atoms with Gasteiger partial charge in [-0.1, -0.05) is 65.8 Å². The molecule has 2 amide bonds. The average Bonchev–Trinajstić information content (AvgIpc) is 3.13. The van der Waals surface area contributed by atoms with E-state index in [2.05, 4.69) is 10.0 Å². The molecule has 0 spiro atoms. The fraction of sp³-hybridized carbons (Fsp3) is 0.364. The molecule has 8 heteroatoms. The molecule has 2 aromatic rings. The van der Waals surface area contributed by atoms with E-state index in [0.29, 0.717) is 12.8 Å². The van der Waals surface area contributed by atoms with Crippen LogP contribution in [0.5, 0.6) is 0 Å². The largest absolute Gasteiger partial charge is 0.447 e. The molecule has 0 bridgehead atoms. The highest BCUT2D eigenvalue weighted by Gasteiger charge is 2.41. The highest BCUT2D eigenvalue weighted by molar-refractivity contribution is 5.95. The van der Waals surface area contributed by atoms with Gasteiger partial charge >= 0.3 is 6.09 Å². The van der Waals surface area contributed by atoms with Gasteiger partial charge in [0, 0.05) is 11.0 Å². The number of imide groups is 1. The summed E-state index contributed by atoms with van der Waals surface area (Å²) in [6, 6.07) is 18.0. The minimum Gasteiger partial charge on any atom is -0.447 e. The van der Waals surface area contributed by atoms with Crippen LogP contribution >= 0.6 is 0 Å². The summed E-state index contributed by atoms with van der Waals surface area (Å²) in [6.45, 7) is -0.339. The van der Waals surface area contributed by atoms with Gasteiger partial charge in [-0.05, 0) is 35.9 Å². The summed E-state index contributed by atoms with van der Waals surface area (Å²) in [7, 11) is 0. The number of amides is 2. The Labute approximate surface area is 174 Å². The number of nitrogens with zero attached hydrogens (tertiary/aromatic N) is 4. The Kier molecular flexibility index (Phi) is 7.43. The Balaban J connectivity index is 1.72. The van der Waals surface area contributed by atoms with E-state index in [1.807, 2.05) is 60.7 Å². The van der Waals surface area contributed by atoms with Gasteiger partial charge in [0.15, 0.2) is 0 Å². The van der Waals surface area contributed by atoms with Crippen LogP contribution in [0.4, 0.5) is 4.79 Å². The lowest BCUT2D eigenvalue weighted by Gasteiger charge is -2.25. The number of aliphatic hydroxyl groups is 1. The predicted molar refractivity (Wildman–Crippen MR) is 110 cm³/mol. The van der Waals surface area contributed by atoms with Crippen molar-refractivity contribution in [1.82, 2.24) is 4.90 Å². The normalized spacial score (nSPS) is 17.7. The maximum absolute atomic E-state index is 13.1. The van der Waals surface area contributed by atoms with Crippen LogP contribution in [0.2, 0.25) is 0 Å². The molecule has 0 aromatic heterocycles. The lowest BCUT2D eigenvalue weighted by molar-refractivity contribution is -0.135. The van der Waals surface area contributed by atoms with Gasteiger partial charge in [0.1, 0.15) is 6.61 Å². The summed E-state index contributed by atoms with van der Waals surface area (Å²) >= 11 is 0. The van der Waals surface area contributed by atoms with E-state index >= 15 is 0 Å². The van der Waals surface area contributed by atoms with Crippen LogP contribution in [0.1, 0.15) is 17.5 Å². The van der Waals surface area contributed by atoms with Crippen LogP contribution in [0, 0.1) is 5.92 Å². The number of cyclic esters (lactones) is 1. The van der Waals surface area contributed by atoms with Crippen LogP contribution in [-0.2, 0) is 22.4 Å². The van der Waals surface area contributed by atoms with Crippen LogP contribution < -0.4 is 0 Å². The number of carbonyl (C=O) groups is 2. The van der Waals surface area contributed by atoms with Crippen molar-refractivity contribution in [2.75, 3.05) is 13.2 Å². The third-order valence-electron chi connectivity index (χ3n) is 5.17. The lowest BCUT2D eigenvalue weighted by atomic mass is 9.94. The molecule has 1 saturated heterocycles. The summed E-state index contributed by atoms with van der Waals surface area (Å²) in [5.74, 6) is -1.37. The van der Waals surface area contributed by atoms with Gasteiger partial charge in [-0.3, -0.25) is 4.79 Å². The average molecular weight is 408 g/mol. The molecule has 1 aliphatic heterocycles. The first-order valence-corrected chi connectivity index (χ1v) is 9.85. The number of azide groups is 1. The summed E-state index contributed by atoms with van der Waals surface area (Å²) in [4.78, 5) is 29.4. The zero-order valence-electron chi connectivity index (χ0n) is 16.5. The van der Waals surface area contributed by atoms with Gasteiger partial charge in [-0.2, -0.15) is 0 Å². The Hall–Kier alpha value is -3.35. The Bertz CT molecular complexity index is 900. The number of aliphatic hydroxyl groups excluding tert-OH is 1. The molecule has 3 rings (SSSR count). The van der Waals surface area contributed by atoms with E-state index in [9.17, 15) is 14.7 Å². The number of rotatable bonds is 9. The van der Waals surface area contributed by atoms with Gasteiger partial charge in [0.25, 0.3) is 0 Å². The first-order valence-electron chi connectivity index (χ1n) is 9.85. The number of benzene rings is 2. The van der Waals surface area contributed by atoms with Gasteiger partial charge in [0.05, 0.1) is 18.6 Å². The Morgan fingerprint density at radius 3 is 2.40 bits per heavy atom. The van der Waals surface area contributed by atoms with Crippen LogP contribution in [0.25, 0.3) is 10.4 Å². The molecule has 1 heterocycles. The summed E-state index contributed by atoms with van der Waals surface area (Å²) in [5.41, 5.74) is 10.9. The number of hydrogen-bond donors (Lipinski definition) is 1. The third-order valence-corrected chi connectivity index (χ3v) is 5.17. The SMILES string of the molecule is [N-]=[N+]=N[C@@H](Cc1ccccc1)C[C@@H](CO)C(=O)N1C(=O)OC[C@H]1Cc1ccccc1. The first-order chi connectivity index (χ1) is 14.6. The standard InChI is InChI=1S/C22H24N4O4/c23-25-24-19(11-16-7-3-1-4-8-16)13-18(14-27)21(28)26-20(15-30-22(26)29)12-17-9-5-2-6-10-17/h1-10,18-20,27H,11-15H2/t18-,19-,20+/m0/s1. The minimum absolute atomic E-state index is 0.113. The molecule has 2 aromatic carbocycles. The summed E-state index contributed by atoms with van der Waals surface area (Å²) < 4.78 is 5.12. The monoisotopic (exact) mass is 408 g/mol. The maximum Gasteiger partial charge on any atom is 0.416 e. The van der Waals surface area contributed by atoms with E-state index in [1.54, 1.807) is 0 Å². The van der Waals surface area contributed by atoms with Crippen molar-refractivity contribution in [3.63, 3.8) is 0 Å². The quantitative estimate of drug-likeness (QED) is 0.388. The summed E-state index contributed by atoms with van der Waals surface area (Å²) in [6.07, 6.45) is 0.339. The second-order valence-electron chi connectivity index (χ2n) is 7.29. The van der Waals surface area contributed by atoms with Crippen molar-refractivity contribution in [3.05, 3.63) is 82.2 Å². The van der Waals surface area contributed by atoms with Gasteiger partial charge in [-0.25, -0.2) is 9.69 Å². The highest BCUT2D eigenvalue weighted by Crippen LogP contribution is 2.23. The van der Waals surface area contributed by atoms with E-state index < -0.39 is 36.6 Å². The second-order valence-corrected chi connectivity index (χ2v) is 7.29. The van der Waals surface area contributed by atoms with Gasteiger partial charge in [0.2, 0.25) is 5.91 Å². The molecule has 30 heavy (non-hydrogen) atoms. The van der Waals surface area contributed by atoms with Gasteiger partial charge < -0.3 is 9.84 Å². The Morgan fingerprint density at radius 1 is 1.17 bits per heavy atom. The lowest BCUT2D eigenvalue weighted by Crippen LogP contribution is -2.45. The summed E-state index contributed by atoms with van der Waals surface area (Å²) in [5, 5.41) is 13.7. The molecule has 1 aliphatic rings. The van der Waals surface area contributed by atoms with Crippen molar-refractivity contribution in [2.24, 2.45) is 11.0 Å². The molecule has 0 aliphatic carbocycles. The third kappa shape index (κ3) is 5.37. The molecule has 0 unspecified atom stereocenters. The smallest absolute Gasteiger partial charge is 0.416 e. The molecule has 0 saturated carbocycles. The molecule has 156 valence electrons. The number of carbonyl (C=O) groups excluding carboxylic acids is 2. The van der Waals surface area contributed by atoms with Crippen LogP contribution in [0.15, 0.2) is 65.8 Å². The highest BCUT2D eigenvalue weighted by atomic mass is 16.6.